The number of benzene rings is 2. The number of carbonyl (C=O) groups excluding carboxylic acids is 1. The van der Waals surface area contributed by atoms with E-state index in [0.717, 1.165) is 0 Å². The summed E-state index contributed by atoms with van der Waals surface area (Å²) in [5.41, 5.74) is 1.75. The van der Waals surface area contributed by atoms with Crippen molar-refractivity contribution in [1.82, 2.24) is 14.8 Å². The van der Waals surface area contributed by atoms with Crippen molar-refractivity contribution in [2.75, 3.05) is 5.32 Å². The molecule has 0 radical (unpaired) electrons. The van der Waals surface area contributed by atoms with Gasteiger partial charge in [-0.2, -0.15) is 9.78 Å². The maximum Gasteiger partial charge on any atom is 0.258 e. The minimum absolute atomic E-state index is 0.323. The highest BCUT2D eigenvalue weighted by molar-refractivity contribution is 7.20. The third kappa shape index (κ3) is 3.07. The fourth-order valence-electron chi connectivity index (χ4n) is 2.54. The summed E-state index contributed by atoms with van der Waals surface area (Å²) in [6, 6.07) is 12.9. The number of hydrogen-bond donors (Lipinski definition) is 1. The number of hydrogen-bond acceptors (Lipinski definition) is 4. The predicted molar refractivity (Wildman–Crippen MR) is 101 cm³/mol. The molecule has 0 spiro atoms. The van der Waals surface area contributed by atoms with E-state index in [1.54, 1.807) is 36.4 Å². The van der Waals surface area contributed by atoms with Gasteiger partial charge in [0.05, 0.1) is 26.5 Å². The number of thiazole rings is 1. The van der Waals surface area contributed by atoms with Crippen molar-refractivity contribution in [3.8, 4) is 5.13 Å². The molecule has 0 fully saturated rings. The molecule has 0 saturated heterocycles. The van der Waals surface area contributed by atoms with Gasteiger partial charge in [0.25, 0.3) is 5.91 Å². The van der Waals surface area contributed by atoms with Crippen LogP contribution in [0, 0.1) is 12.7 Å². The predicted octanol–water partition coefficient (Wildman–Crippen LogP) is 4.84. The Morgan fingerprint density at radius 1 is 1.23 bits per heavy atom. The van der Waals surface area contributed by atoms with Crippen molar-refractivity contribution in [1.29, 1.82) is 0 Å². The van der Waals surface area contributed by atoms with E-state index in [4.69, 9.17) is 11.6 Å². The van der Waals surface area contributed by atoms with Crippen LogP contribution in [-0.4, -0.2) is 20.7 Å². The number of nitrogens with zero attached hydrogens (tertiary/aromatic N) is 3. The van der Waals surface area contributed by atoms with Crippen LogP contribution in [0.25, 0.3) is 15.3 Å². The van der Waals surface area contributed by atoms with Crippen LogP contribution >= 0.6 is 22.9 Å². The molecular weight excluding hydrogens is 375 g/mol. The molecule has 26 heavy (non-hydrogen) atoms. The average Bonchev–Trinajstić information content (AvgIpc) is 3.17. The van der Waals surface area contributed by atoms with Crippen LogP contribution in [0.15, 0.2) is 48.5 Å². The van der Waals surface area contributed by atoms with Crippen molar-refractivity contribution in [2.45, 2.75) is 6.92 Å². The van der Waals surface area contributed by atoms with Crippen molar-refractivity contribution < 1.29 is 9.18 Å². The number of fused-ring (bicyclic) bond motifs is 1. The number of aromatic nitrogens is 3. The Labute approximate surface area is 157 Å². The average molecular weight is 387 g/mol. The Kier molecular flexibility index (Phi) is 4.18. The van der Waals surface area contributed by atoms with Gasteiger partial charge >= 0.3 is 0 Å². The van der Waals surface area contributed by atoms with Gasteiger partial charge < -0.3 is 5.32 Å². The lowest BCUT2D eigenvalue weighted by Gasteiger charge is -2.07. The largest absolute Gasteiger partial charge is 0.306 e. The Balaban J connectivity index is 1.72. The van der Waals surface area contributed by atoms with Gasteiger partial charge in [-0.05, 0) is 37.3 Å². The summed E-state index contributed by atoms with van der Waals surface area (Å²) in [6.45, 7) is 1.81. The molecule has 4 rings (SSSR count). The minimum atomic E-state index is -0.344. The van der Waals surface area contributed by atoms with Gasteiger partial charge in [0.1, 0.15) is 11.6 Å². The highest BCUT2D eigenvalue weighted by Gasteiger charge is 2.17. The van der Waals surface area contributed by atoms with Gasteiger partial charge in [-0.1, -0.05) is 35.1 Å². The van der Waals surface area contributed by atoms with Gasteiger partial charge in [-0.3, -0.25) is 4.79 Å². The first kappa shape index (κ1) is 16.7. The van der Waals surface area contributed by atoms with Crippen LogP contribution in [0.1, 0.15) is 16.1 Å². The Morgan fingerprint density at radius 2 is 2.04 bits per heavy atom. The van der Waals surface area contributed by atoms with E-state index >= 15 is 0 Å². The third-order valence-corrected chi connectivity index (χ3v) is 5.04. The summed E-state index contributed by atoms with van der Waals surface area (Å²) in [6.07, 6.45) is 0. The van der Waals surface area contributed by atoms with E-state index in [1.807, 2.05) is 6.92 Å². The molecule has 2 aromatic carbocycles. The molecule has 5 nitrogen and oxygen atoms in total. The van der Waals surface area contributed by atoms with E-state index < -0.39 is 0 Å². The fraction of sp³-hybridized carbons (Fsp3) is 0.0556. The second-order valence-corrected chi connectivity index (χ2v) is 7.04. The molecule has 1 N–H and O–H groups in total. The molecule has 0 aliphatic heterocycles. The summed E-state index contributed by atoms with van der Waals surface area (Å²) < 4.78 is 15.7. The van der Waals surface area contributed by atoms with E-state index in [9.17, 15) is 9.18 Å². The number of aryl methyl sites for hydroxylation is 1. The standard InChI is InChI=1S/C18H12ClFN4OS/c1-10-8-16(22-17(25)12-4-2-3-5-13(12)19)24(23-10)18-21-14-7-6-11(20)9-15(14)26-18/h2-9H,1H3,(H,22,25). The number of rotatable bonds is 3. The fourth-order valence-corrected chi connectivity index (χ4v) is 3.72. The summed E-state index contributed by atoms with van der Waals surface area (Å²) in [5, 5.41) is 8.10. The Hall–Kier alpha value is -2.77. The summed E-state index contributed by atoms with van der Waals surface area (Å²) in [7, 11) is 0. The molecule has 4 aromatic rings. The van der Waals surface area contributed by atoms with Crippen molar-refractivity contribution in [3.63, 3.8) is 0 Å². The molecule has 0 unspecified atom stereocenters. The second kappa shape index (κ2) is 6.51. The van der Waals surface area contributed by atoms with Crippen molar-refractivity contribution in [2.24, 2.45) is 0 Å². The van der Waals surface area contributed by atoms with Gasteiger partial charge in [0, 0.05) is 6.07 Å². The normalized spacial score (nSPS) is 11.0. The summed E-state index contributed by atoms with van der Waals surface area (Å²) in [5.74, 6) is -0.201. The lowest BCUT2D eigenvalue weighted by atomic mass is 10.2. The Morgan fingerprint density at radius 3 is 2.85 bits per heavy atom. The second-order valence-electron chi connectivity index (χ2n) is 5.63. The lowest BCUT2D eigenvalue weighted by Crippen LogP contribution is -2.15. The zero-order valence-electron chi connectivity index (χ0n) is 13.5. The van der Waals surface area contributed by atoms with Crippen molar-refractivity contribution >= 4 is 44.9 Å². The molecule has 8 heteroatoms. The highest BCUT2D eigenvalue weighted by atomic mass is 35.5. The van der Waals surface area contributed by atoms with E-state index in [-0.39, 0.29) is 11.7 Å². The van der Waals surface area contributed by atoms with Crippen LogP contribution in [0.5, 0.6) is 0 Å². The van der Waals surface area contributed by atoms with Crippen LogP contribution < -0.4 is 5.32 Å². The van der Waals surface area contributed by atoms with Crippen LogP contribution in [0.2, 0.25) is 5.02 Å². The van der Waals surface area contributed by atoms with Gasteiger partial charge in [-0.25, -0.2) is 9.37 Å². The van der Waals surface area contributed by atoms with Crippen molar-refractivity contribution in [3.05, 3.63) is 70.6 Å². The number of amides is 1. The van der Waals surface area contributed by atoms with E-state index in [1.165, 1.54) is 28.2 Å². The van der Waals surface area contributed by atoms with Gasteiger partial charge in [0.2, 0.25) is 5.13 Å². The maximum atomic E-state index is 13.4. The number of carbonyl (C=O) groups is 1. The summed E-state index contributed by atoms with van der Waals surface area (Å²) >= 11 is 7.38. The number of anilines is 1. The first-order valence-corrected chi connectivity index (χ1v) is 8.90. The number of nitrogens with one attached hydrogen (secondary N) is 1. The van der Waals surface area contributed by atoms with Gasteiger partial charge in [0.15, 0.2) is 0 Å². The zero-order valence-corrected chi connectivity index (χ0v) is 15.1. The lowest BCUT2D eigenvalue weighted by molar-refractivity contribution is 0.102. The van der Waals surface area contributed by atoms with E-state index in [2.05, 4.69) is 15.4 Å². The molecule has 0 saturated carbocycles. The van der Waals surface area contributed by atoms with Crippen LogP contribution in [0.3, 0.4) is 0 Å². The van der Waals surface area contributed by atoms with Gasteiger partial charge in [-0.15, -0.1) is 0 Å². The first-order chi connectivity index (χ1) is 12.5. The topological polar surface area (TPSA) is 59.8 Å². The number of halogens is 2. The molecule has 0 atom stereocenters. The highest BCUT2D eigenvalue weighted by Crippen LogP contribution is 2.28. The maximum absolute atomic E-state index is 13.4. The minimum Gasteiger partial charge on any atom is -0.306 e. The smallest absolute Gasteiger partial charge is 0.258 e. The SMILES string of the molecule is Cc1cc(NC(=O)c2ccccc2Cl)n(-c2nc3ccc(F)cc3s2)n1. The molecule has 0 bridgehead atoms. The summed E-state index contributed by atoms with van der Waals surface area (Å²) in [4.78, 5) is 17.0. The van der Waals surface area contributed by atoms with Crippen LogP contribution in [0.4, 0.5) is 10.2 Å². The van der Waals surface area contributed by atoms with Crippen LogP contribution in [-0.2, 0) is 0 Å². The first-order valence-electron chi connectivity index (χ1n) is 7.70. The molecule has 1 amide bonds. The molecule has 2 aromatic heterocycles. The zero-order chi connectivity index (χ0) is 18.3. The molecule has 0 aliphatic rings. The quantitative estimate of drug-likeness (QED) is 0.548. The molecular formula is C18H12ClFN4OS. The molecule has 130 valence electrons. The monoisotopic (exact) mass is 386 g/mol. The third-order valence-electron chi connectivity index (χ3n) is 3.71. The molecule has 0 aliphatic carbocycles. The Bertz CT molecular complexity index is 1140. The molecule has 2 heterocycles. The van der Waals surface area contributed by atoms with E-state index in [0.29, 0.717) is 37.4 Å².